The van der Waals surface area contributed by atoms with Gasteiger partial charge in [0, 0.05) is 35.6 Å². The molecule has 13 aromatic rings. The second-order valence-corrected chi connectivity index (χ2v) is 32.7. The lowest BCUT2D eigenvalue weighted by molar-refractivity contribution is -0.290. The number of benzene rings is 13. The first-order valence-corrected chi connectivity index (χ1v) is 43.0. The molecule has 2 aliphatic heterocycles. The van der Waals surface area contributed by atoms with Crippen LogP contribution in [0.2, 0.25) is 0 Å². The molecule has 752 valence electrons. The summed E-state index contributed by atoms with van der Waals surface area (Å²) in [5.41, 5.74) is -24.1. The van der Waals surface area contributed by atoms with Crippen molar-refractivity contribution in [3.8, 4) is 121 Å². The van der Waals surface area contributed by atoms with Crippen LogP contribution in [0.4, 0.5) is 114 Å². The van der Waals surface area contributed by atoms with Crippen LogP contribution in [0.1, 0.15) is 116 Å². The Bertz CT molecular complexity index is 7020. The maximum Gasteiger partial charge on any atom is 0.411 e. The van der Waals surface area contributed by atoms with Crippen molar-refractivity contribution in [3.63, 3.8) is 0 Å². The molecule has 2 atom stereocenters. The van der Waals surface area contributed by atoms with Gasteiger partial charge in [-0.25, -0.2) is 17.6 Å². The summed E-state index contributed by atoms with van der Waals surface area (Å²) < 4.78 is 442. The molecule has 13 aromatic carbocycles. The average molecular weight is 2040 g/mol. The molecule has 40 heteroatoms. The summed E-state index contributed by atoms with van der Waals surface area (Å²) in [6.45, 7) is 4.13. The molecule has 2 fully saturated rings. The minimum Gasteiger partial charge on any atom is -0.497 e. The first kappa shape index (κ1) is 105. The summed E-state index contributed by atoms with van der Waals surface area (Å²) in [7, 11) is 1.75. The van der Waals surface area contributed by atoms with Gasteiger partial charge in [0.25, 0.3) is 0 Å². The Labute approximate surface area is 806 Å². The van der Waals surface area contributed by atoms with Crippen molar-refractivity contribution in [1.29, 1.82) is 15.8 Å². The SMILES string of the molecule is COc1c(F)c(F)c(-c2c(F)c(F)c(Oc3ccc(C(c4ccc(Oc5cccc(-c6ccc(-c7cccc(C)c7C#N)c(C(=O)c7ccc(OC8CCCCO8)cc7OC7CCCCO7)c6)c5C#N)cc4)(C(F)(F)F)C(F)(F)F)cc3)c(F)c2F)c(F)c1F.COc1ccc(C(c2ccc(Oc3cccc(Oc4ccc(C(c5ccc(C)cc5)(C(F)(F)F)C(F)(F)F)cc4)c3C#N)cc2)(C(F)(F)F)C(F)(F)F)cc1. The van der Waals surface area contributed by atoms with E-state index in [0.29, 0.717) is 122 Å². The zero-order valence-corrected chi connectivity index (χ0v) is 75.0. The maximum absolute atomic E-state index is 15.4. The summed E-state index contributed by atoms with van der Waals surface area (Å²) in [5.74, 6) is -27.2. The molecule has 0 saturated carbocycles. The molecular formula is C105H69F26N3O11. The fourth-order valence-corrected chi connectivity index (χ4v) is 17.0. The largest absolute Gasteiger partial charge is 0.497 e. The number of halogens is 26. The van der Waals surface area contributed by atoms with Gasteiger partial charge in [0.15, 0.2) is 47.4 Å². The average Bonchev–Trinajstić information content (AvgIpc) is 0.715. The molecule has 2 aliphatic rings. The van der Waals surface area contributed by atoms with Crippen LogP contribution in [0.3, 0.4) is 0 Å². The lowest BCUT2D eigenvalue weighted by Crippen LogP contribution is -2.54. The van der Waals surface area contributed by atoms with Crippen molar-refractivity contribution >= 4 is 5.78 Å². The van der Waals surface area contributed by atoms with E-state index >= 15 is 48.7 Å². The molecule has 2 unspecified atom stereocenters. The van der Waals surface area contributed by atoms with Crippen LogP contribution in [-0.4, -0.2) is 82.9 Å². The third-order valence-corrected chi connectivity index (χ3v) is 24.0. The van der Waals surface area contributed by atoms with E-state index in [9.17, 15) is 86.0 Å². The van der Waals surface area contributed by atoms with Crippen LogP contribution >= 0.6 is 0 Å². The van der Waals surface area contributed by atoms with Gasteiger partial charge in [-0.2, -0.15) is 112 Å². The number of ether oxygens (including phenoxy) is 10. The third-order valence-electron chi connectivity index (χ3n) is 24.0. The molecule has 145 heavy (non-hydrogen) atoms. The molecular weight excluding hydrogens is 1970 g/mol. The quantitative estimate of drug-likeness (QED) is 0.0299. The van der Waals surface area contributed by atoms with Crippen LogP contribution in [0.25, 0.3) is 33.4 Å². The van der Waals surface area contributed by atoms with Crippen LogP contribution in [0.15, 0.2) is 237 Å². The van der Waals surface area contributed by atoms with Gasteiger partial charge in [-0.15, -0.1) is 0 Å². The highest BCUT2D eigenvalue weighted by Gasteiger charge is 2.75. The van der Waals surface area contributed by atoms with E-state index in [1.165, 1.54) is 62.6 Å². The highest BCUT2D eigenvalue weighted by atomic mass is 19.4. The van der Waals surface area contributed by atoms with E-state index in [1.54, 1.807) is 55.5 Å². The molecule has 0 aliphatic carbocycles. The Morgan fingerprint density at radius 3 is 1.03 bits per heavy atom. The van der Waals surface area contributed by atoms with E-state index in [-0.39, 0.29) is 97.1 Å². The molecule has 0 aromatic heterocycles. The molecule has 0 spiro atoms. The van der Waals surface area contributed by atoms with E-state index in [0.717, 1.165) is 98.5 Å². The Balaban J connectivity index is 0.000000259. The predicted molar refractivity (Wildman–Crippen MR) is 468 cm³/mol. The van der Waals surface area contributed by atoms with Crippen molar-refractivity contribution < 1.29 is 166 Å². The number of hydrogen-bond acceptors (Lipinski definition) is 14. The van der Waals surface area contributed by atoms with Gasteiger partial charge in [-0.05, 0) is 187 Å². The molecule has 2 heterocycles. The van der Waals surface area contributed by atoms with Crippen LogP contribution in [-0.2, 0) is 25.7 Å². The monoisotopic (exact) mass is 2040 g/mol. The highest BCUT2D eigenvalue weighted by Crippen LogP contribution is 2.61. The molecule has 0 N–H and O–H groups in total. The Morgan fingerprint density at radius 1 is 0.317 bits per heavy atom. The fourth-order valence-electron chi connectivity index (χ4n) is 17.0. The Kier molecular flexibility index (Phi) is 30.1. The van der Waals surface area contributed by atoms with Crippen molar-refractivity contribution in [2.75, 3.05) is 27.4 Å². The number of carbonyl (C=O) groups excluding carboxylic acids is 1. The second kappa shape index (κ2) is 41.4. The van der Waals surface area contributed by atoms with Gasteiger partial charge < -0.3 is 47.4 Å². The number of nitriles is 3. The number of carbonyl (C=O) groups is 1. The number of rotatable bonds is 25. The standard InChI is InChI=1S/C66H44F14N2O8.C39H25F12NO3/c1-33-9-7-11-41(45(33)31-81)42-25-15-34(29-44(42)61(83)43-26-24-39(88-49-13-3-5-27-85-49)30-48(43)90-50-14-4-6-28-86-50)40-10-8-12-47(46(40)32-82)87-37-20-16-35(17-21-37)64(65(75,76)77,66(78,79)80)36-18-22-38(23-19-36)89-63-59(73)55(69)52(56(70)60(63)74)51-53(67)57(71)62(84-2)58(72)54(51)68;1-23-6-8-24(9-7-23)34(36(40,41)42,37(43,44)45)26-12-18-29(19-13-26)54-32-4-3-5-33(31(32)22-52)55-30-20-14-27(15-21-30)35(38(46,47)48,39(49,50)51)25-10-16-28(53-2)17-11-25/h7-12,15-26,29-30,49-50H,3-6,13-14,27-28H2,1-2H3;3-21H,1-2H3. The first-order valence-electron chi connectivity index (χ1n) is 43.0. The van der Waals surface area contributed by atoms with Crippen molar-refractivity contribution in [1.82, 2.24) is 0 Å². The number of methoxy groups -OCH3 is 2. The van der Waals surface area contributed by atoms with Crippen molar-refractivity contribution in [3.05, 3.63) is 355 Å². The van der Waals surface area contributed by atoms with Crippen LogP contribution in [0, 0.1) is 94.4 Å². The number of ketones is 1. The minimum atomic E-state index is -6.24. The summed E-state index contributed by atoms with van der Waals surface area (Å²) in [6, 6.07) is 44.1. The fraction of sp³-hybridized carbons (Fsp3) is 0.219. The number of alkyl halides is 18. The summed E-state index contributed by atoms with van der Waals surface area (Å²) >= 11 is 0. The highest BCUT2D eigenvalue weighted by molar-refractivity contribution is 6.15. The number of hydrogen-bond donors (Lipinski definition) is 0. The van der Waals surface area contributed by atoms with Crippen LogP contribution in [0.5, 0.6) is 69.0 Å². The predicted octanol–water partition coefficient (Wildman–Crippen LogP) is 30.2. The van der Waals surface area contributed by atoms with Crippen molar-refractivity contribution in [2.45, 2.75) is 118 Å². The molecule has 15 rings (SSSR count). The molecule has 14 nitrogen and oxygen atoms in total. The first-order chi connectivity index (χ1) is 68.5. The molecule has 0 radical (unpaired) electrons. The second-order valence-electron chi connectivity index (χ2n) is 32.7. The Hall–Kier alpha value is -15.5. The van der Waals surface area contributed by atoms with Gasteiger partial charge in [-0.1, -0.05) is 139 Å². The molecule has 2 saturated heterocycles. The minimum absolute atomic E-state index is 0.0188. The van der Waals surface area contributed by atoms with E-state index in [1.807, 2.05) is 6.07 Å². The van der Waals surface area contributed by atoms with E-state index < -0.39 is 180 Å². The van der Waals surface area contributed by atoms with Crippen molar-refractivity contribution in [2.24, 2.45) is 0 Å². The normalized spacial score (nSPS) is 14.4. The zero-order chi connectivity index (χ0) is 105. The summed E-state index contributed by atoms with van der Waals surface area (Å²) in [5, 5.41) is 31.0. The number of nitrogens with zero attached hydrogens (tertiary/aromatic N) is 3. The lowest BCUT2D eigenvalue weighted by Gasteiger charge is -2.38. The van der Waals surface area contributed by atoms with Gasteiger partial charge in [-0.3, -0.25) is 4.79 Å². The third kappa shape index (κ3) is 20.0. The lowest BCUT2D eigenvalue weighted by atomic mass is 9.72. The molecule has 0 bridgehead atoms. The van der Waals surface area contributed by atoms with Gasteiger partial charge in [0.05, 0.1) is 49.7 Å². The van der Waals surface area contributed by atoms with E-state index in [4.69, 9.17) is 42.6 Å². The smallest absolute Gasteiger partial charge is 0.411 e. The van der Waals surface area contributed by atoms with Gasteiger partial charge >= 0.3 is 37.1 Å². The molecule has 0 amide bonds. The summed E-state index contributed by atoms with van der Waals surface area (Å²) in [4.78, 5) is 15.3. The zero-order valence-electron chi connectivity index (χ0n) is 75.0. The van der Waals surface area contributed by atoms with Gasteiger partial charge in [0.2, 0.25) is 45.3 Å². The van der Waals surface area contributed by atoms with E-state index in [2.05, 4.69) is 10.8 Å². The van der Waals surface area contributed by atoms with Gasteiger partial charge in [0.1, 0.15) is 86.8 Å². The number of aryl methyl sites for hydroxylation is 2. The van der Waals surface area contributed by atoms with Crippen LogP contribution < -0.4 is 37.9 Å². The summed E-state index contributed by atoms with van der Waals surface area (Å²) in [6.07, 6.45) is -32.7. The Morgan fingerprint density at radius 2 is 0.662 bits per heavy atom. The maximum atomic E-state index is 15.4. The topological polar surface area (TPSA) is 181 Å².